The number of nitrogens with zero attached hydrogens (tertiary/aromatic N) is 1. The summed E-state index contributed by atoms with van der Waals surface area (Å²) in [6, 6.07) is 12.0. The third-order valence-electron chi connectivity index (χ3n) is 9.12. The van der Waals surface area contributed by atoms with Gasteiger partial charge in [-0.2, -0.15) is 11.8 Å². The van der Waals surface area contributed by atoms with Crippen molar-refractivity contribution >= 4 is 46.9 Å². The van der Waals surface area contributed by atoms with Crippen LogP contribution in [0.1, 0.15) is 62.2 Å². The Labute approximate surface area is 293 Å². The predicted octanol–water partition coefficient (Wildman–Crippen LogP) is 5.44. The third kappa shape index (κ3) is 7.75. The van der Waals surface area contributed by atoms with E-state index < -0.39 is 17.5 Å². The Morgan fingerprint density at radius 1 is 0.920 bits per heavy atom. The summed E-state index contributed by atoms with van der Waals surface area (Å²) in [6.07, 6.45) is 5.66. The molecule has 5 amide bonds. The van der Waals surface area contributed by atoms with E-state index in [1.807, 2.05) is 11.8 Å². The van der Waals surface area contributed by atoms with Crippen LogP contribution in [0.25, 0.3) is 11.1 Å². The van der Waals surface area contributed by atoms with E-state index in [0.717, 1.165) is 56.4 Å². The fourth-order valence-corrected chi connectivity index (χ4v) is 8.09. The van der Waals surface area contributed by atoms with Gasteiger partial charge in [0.05, 0.1) is 23.5 Å². The normalized spacial score (nSPS) is 18.6. The van der Waals surface area contributed by atoms with Crippen LogP contribution in [0.4, 0.5) is 20.6 Å². The number of nitrogens with one attached hydrogen (secondary N) is 4. The van der Waals surface area contributed by atoms with Gasteiger partial charge in [-0.1, -0.05) is 18.6 Å². The Morgan fingerprint density at radius 3 is 2.36 bits per heavy atom. The lowest BCUT2D eigenvalue weighted by molar-refractivity contribution is -0.121. The maximum absolute atomic E-state index is 14.2. The predicted molar refractivity (Wildman–Crippen MR) is 188 cm³/mol. The van der Waals surface area contributed by atoms with Gasteiger partial charge in [0.25, 0.3) is 5.91 Å². The molecule has 0 unspecified atom stereocenters. The van der Waals surface area contributed by atoms with Crippen molar-refractivity contribution in [1.82, 2.24) is 21.3 Å². The topological polar surface area (TPSA) is 169 Å². The van der Waals surface area contributed by atoms with E-state index in [2.05, 4.69) is 21.3 Å². The number of rotatable bonds is 13. The van der Waals surface area contributed by atoms with Gasteiger partial charge >= 0.3 is 6.03 Å². The summed E-state index contributed by atoms with van der Waals surface area (Å²) in [5.74, 6) is -1.13. The van der Waals surface area contributed by atoms with E-state index in [1.165, 1.54) is 17.9 Å². The number of carbonyl (C=O) groups excluding carboxylic acids is 4. The van der Waals surface area contributed by atoms with Crippen LogP contribution in [0.3, 0.4) is 0 Å². The smallest absolute Gasteiger partial charge is 0.315 e. The van der Waals surface area contributed by atoms with E-state index in [-0.39, 0.29) is 58.6 Å². The maximum atomic E-state index is 14.2. The molecule has 12 nitrogen and oxygen atoms in total. The molecule has 50 heavy (non-hydrogen) atoms. The fourth-order valence-electron chi connectivity index (χ4n) is 6.54. The van der Waals surface area contributed by atoms with Crippen LogP contribution in [0, 0.1) is 5.82 Å². The lowest BCUT2D eigenvalue weighted by Gasteiger charge is -2.31. The number of phenolic OH excluding ortho intramolecular Hbond substituents is 2. The summed E-state index contributed by atoms with van der Waals surface area (Å²) in [6.45, 7) is 2.39. The number of amides is 5. The van der Waals surface area contributed by atoms with Crippen molar-refractivity contribution in [2.75, 3.05) is 23.7 Å². The average molecular weight is 706 g/mol. The second kappa shape index (κ2) is 15.3. The molecule has 3 aliphatic heterocycles. The molecule has 0 aromatic heterocycles. The minimum Gasteiger partial charge on any atom is -0.507 e. The number of ether oxygens (including phenoxy) is 1. The molecular weight excluding hydrogens is 665 g/mol. The van der Waals surface area contributed by atoms with Crippen LogP contribution in [0.2, 0.25) is 0 Å². The molecule has 0 saturated carbocycles. The highest BCUT2D eigenvalue weighted by molar-refractivity contribution is 8.00. The van der Waals surface area contributed by atoms with Gasteiger partial charge in [-0.15, -0.1) is 0 Å². The van der Waals surface area contributed by atoms with E-state index in [1.54, 1.807) is 30.3 Å². The summed E-state index contributed by atoms with van der Waals surface area (Å²) in [5, 5.41) is 32.8. The molecule has 3 aliphatic rings. The largest absolute Gasteiger partial charge is 0.507 e. The number of hydrogen-bond acceptors (Lipinski definition) is 8. The van der Waals surface area contributed by atoms with E-state index in [4.69, 9.17) is 4.74 Å². The summed E-state index contributed by atoms with van der Waals surface area (Å²) < 4.78 is 20.0. The maximum Gasteiger partial charge on any atom is 0.315 e. The number of carbonyl (C=O) groups is 4. The number of thioether (sulfide) groups is 1. The SMILES string of the molecule is CC(=O)N1c2cc(F)c(O)cc2Oc2cc(O)c(-c3ccc(C(=O)NCCCCCNC(=O)CCCC[C@@H]4SC[C@H]5NC(=O)N[C@@H]45)cc3)cc21. The summed E-state index contributed by atoms with van der Waals surface area (Å²) in [5.41, 5.74) is 1.80. The number of phenols is 2. The molecule has 14 heteroatoms. The molecule has 3 aromatic rings. The Morgan fingerprint density at radius 2 is 1.62 bits per heavy atom. The Balaban J connectivity index is 0.909. The highest BCUT2D eigenvalue weighted by Crippen LogP contribution is 2.51. The third-order valence-corrected chi connectivity index (χ3v) is 10.6. The molecule has 264 valence electrons. The van der Waals surface area contributed by atoms with Crippen molar-refractivity contribution in [2.24, 2.45) is 0 Å². The number of halogens is 1. The van der Waals surface area contributed by atoms with Crippen LogP contribution in [-0.4, -0.2) is 70.1 Å². The second-order valence-corrected chi connectivity index (χ2v) is 13.9. The molecule has 0 bridgehead atoms. The Hall–Kier alpha value is -4.98. The lowest BCUT2D eigenvalue weighted by atomic mass is 10.00. The van der Waals surface area contributed by atoms with Crippen LogP contribution in [-0.2, 0) is 9.59 Å². The molecule has 2 fully saturated rings. The first kappa shape index (κ1) is 34.9. The Bertz CT molecular complexity index is 1790. The molecule has 6 rings (SSSR count). The molecule has 0 aliphatic carbocycles. The highest BCUT2D eigenvalue weighted by atomic mass is 32.2. The van der Waals surface area contributed by atoms with Gasteiger partial charge in [-0.05, 0) is 55.9 Å². The van der Waals surface area contributed by atoms with Crippen LogP contribution >= 0.6 is 11.8 Å². The van der Waals surface area contributed by atoms with Crippen LogP contribution in [0.5, 0.6) is 23.0 Å². The number of fused-ring (bicyclic) bond motifs is 3. The molecule has 0 radical (unpaired) electrons. The second-order valence-electron chi connectivity index (χ2n) is 12.7. The van der Waals surface area contributed by atoms with Crippen molar-refractivity contribution in [3.8, 4) is 34.1 Å². The van der Waals surface area contributed by atoms with E-state index >= 15 is 0 Å². The van der Waals surface area contributed by atoms with Gasteiger partial charge in [-0.3, -0.25) is 19.3 Å². The van der Waals surface area contributed by atoms with E-state index in [9.17, 15) is 33.8 Å². The zero-order chi connectivity index (χ0) is 35.4. The number of aromatic hydroxyl groups is 2. The van der Waals surface area contributed by atoms with Crippen molar-refractivity contribution in [3.63, 3.8) is 0 Å². The summed E-state index contributed by atoms with van der Waals surface area (Å²) in [4.78, 5) is 50.3. The standard InChI is InChI=1S/C36H40FN5O7S/c1-20(43)42-26-15-23(28(44)17-30(26)49-31-18-29(45)24(37)16-27(31)42)21-9-11-22(12-10-21)35(47)39-14-6-2-5-13-38-33(46)8-4-3-7-32-34-25(19-50-32)40-36(48)41-34/h9-12,15-18,25,32,34,44-45H,2-8,13-14,19H2,1H3,(H,38,46)(H,39,47)(H2,40,41,48)/t25-,32+,34-/m1/s1. The molecule has 0 spiro atoms. The molecule has 2 saturated heterocycles. The summed E-state index contributed by atoms with van der Waals surface area (Å²) >= 11 is 1.88. The van der Waals surface area contributed by atoms with Gasteiger partial charge in [0.2, 0.25) is 11.8 Å². The van der Waals surface area contributed by atoms with Crippen molar-refractivity contribution in [1.29, 1.82) is 0 Å². The molecule has 3 aromatic carbocycles. The van der Waals surface area contributed by atoms with Crippen LogP contribution < -0.4 is 30.9 Å². The van der Waals surface area contributed by atoms with Gasteiger partial charge < -0.3 is 36.2 Å². The van der Waals surface area contributed by atoms with Crippen molar-refractivity contribution in [2.45, 2.75) is 69.2 Å². The van der Waals surface area contributed by atoms with Gasteiger partial charge in [-0.25, -0.2) is 9.18 Å². The monoisotopic (exact) mass is 705 g/mol. The minimum atomic E-state index is -0.908. The summed E-state index contributed by atoms with van der Waals surface area (Å²) in [7, 11) is 0. The van der Waals surface area contributed by atoms with Crippen molar-refractivity contribution < 1.29 is 38.5 Å². The quantitative estimate of drug-likeness (QED) is 0.101. The van der Waals surface area contributed by atoms with E-state index in [0.29, 0.717) is 41.5 Å². The van der Waals surface area contributed by atoms with Crippen LogP contribution in [0.15, 0.2) is 48.5 Å². The minimum absolute atomic E-state index is 0.0459. The molecular formula is C36H40FN5O7S. The zero-order valence-electron chi connectivity index (χ0n) is 27.6. The van der Waals surface area contributed by atoms with Crippen molar-refractivity contribution in [3.05, 3.63) is 59.9 Å². The first-order valence-corrected chi connectivity index (χ1v) is 17.9. The average Bonchev–Trinajstić information content (AvgIpc) is 3.64. The number of unbranched alkanes of at least 4 members (excludes halogenated alkanes) is 3. The molecule has 3 atom stereocenters. The van der Waals surface area contributed by atoms with Gasteiger partial charge in [0.1, 0.15) is 5.75 Å². The Kier molecular flexibility index (Phi) is 10.7. The fraction of sp³-hybridized carbons (Fsp3) is 0.389. The van der Waals surface area contributed by atoms with Gasteiger partial charge in [0, 0.05) is 66.8 Å². The molecule has 3 heterocycles. The number of benzene rings is 3. The first-order chi connectivity index (χ1) is 24.1. The molecule has 6 N–H and O–H groups in total. The first-order valence-electron chi connectivity index (χ1n) is 16.8. The highest BCUT2D eigenvalue weighted by Gasteiger charge is 2.42. The number of anilines is 2. The van der Waals surface area contributed by atoms with Gasteiger partial charge in [0.15, 0.2) is 23.1 Å². The number of hydrogen-bond donors (Lipinski definition) is 6. The zero-order valence-corrected chi connectivity index (χ0v) is 28.4. The number of urea groups is 1. The lowest BCUT2D eigenvalue weighted by Crippen LogP contribution is -2.36.